The van der Waals surface area contributed by atoms with E-state index < -0.39 is 0 Å². The molecule has 132 valence electrons. The van der Waals surface area contributed by atoms with Gasteiger partial charge in [0.2, 0.25) is 0 Å². The van der Waals surface area contributed by atoms with Gasteiger partial charge in [-0.25, -0.2) is 0 Å². The number of hydrogen-bond acceptors (Lipinski definition) is 2. The zero-order chi connectivity index (χ0) is 17.2. The van der Waals surface area contributed by atoms with Crippen molar-refractivity contribution in [3.8, 4) is 0 Å². The average molecular weight is 329 g/mol. The normalized spacial score (nSPS) is 29.5. The molecule has 2 aliphatic rings. The molecule has 1 aromatic carbocycles. The molecule has 2 N–H and O–H groups in total. The largest absolute Gasteiger partial charge is 0.377 e. The quantitative estimate of drug-likeness (QED) is 0.644. The predicted octanol–water partition coefficient (Wildman–Crippen LogP) is 3.16. The van der Waals surface area contributed by atoms with Gasteiger partial charge in [-0.3, -0.25) is 4.99 Å². The van der Waals surface area contributed by atoms with E-state index in [0.29, 0.717) is 24.0 Å². The maximum Gasteiger partial charge on any atom is 0.191 e. The van der Waals surface area contributed by atoms with E-state index in [4.69, 9.17) is 9.73 Å². The first-order chi connectivity index (χ1) is 11.5. The number of ether oxygens (including phenoxy) is 1. The third kappa shape index (κ3) is 3.30. The number of aliphatic imine (C=N–C) groups is 1. The number of nitrogens with one attached hydrogen (secondary N) is 2. The first kappa shape index (κ1) is 17.3. The third-order valence-electron chi connectivity index (χ3n) is 5.63. The summed E-state index contributed by atoms with van der Waals surface area (Å²) in [6, 6.07) is 11.0. The van der Waals surface area contributed by atoms with Crippen LogP contribution in [0.2, 0.25) is 0 Å². The molecule has 3 rings (SSSR count). The van der Waals surface area contributed by atoms with Gasteiger partial charge in [-0.2, -0.15) is 0 Å². The number of nitrogens with zero attached hydrogens (tertiary/aromatic N) is 1. The fourth-order valence-corrected chi connectivity index (χ4v) is 4.20. The van der Waals surface area contributed by atoms with Gasteiger partial charge < -0.3 is 15.4 Å². The molecular formula is C20H31N3O. The van der Waals surface area contributed by atoms with Crippen LogP contribution < -0.4 is 10.6 Å². The Kier molecular flexibility index (Phi) is 5.14. The van der Waals surface area contributed by atoms with Gasteiger partial charge >= 0.3 is 0 Å². The highest BCUT2D eigenvalue weighted by molar-refractivity contribution is 5.80. The molecule has 1 saturated heterocycles. The fraction of sp³-hybridized carbons (Fsp3) is 0.650. The van der Waals surface area contributed by atoms with E-state index in [0.717, 1.165) is 32.1 Å². The minimum Gasteiger partial charge on any atom is -0.377 e. The van der Waals surface area contributed by atoms with Gasteiger partial charge in [0.25, 0.3) is 0 Å². The predicted molar refractivity (Wildman–Crippen MR) is 99.4 cm³/mol. The Labute approximate surface area is 146 Å². The van der Waals surface area contributed by atoms with Gasteiger partial charge in [0.1, 0.15) is 0 Å². The molecule has 0 radical (unpaired) electrons. The maximum absolute atomic E-state index is 5.89. The molecule has 0 spiro atoms. The van der Waals surface area contributed by atoms with E-state index in [2.05, 4.69) is 68.7 Å². The van der Waals surface area contributed by atoms with Crippen molar-refractivity contribution in [1.29, 1.82) is 0 Å². The summed E-state index contributed by atoms with van der Waals surface area (Å²) in [5.74, 6) is 1.97. The van der Waals surface area contributed by atoms with E-state index >= 15 is 0 Å². The van der Waals surface area contributed by atoms with Crippen LogP contribution in [0.5, 0.6) is 0 Å². The Morgan fingerprint density at radius 1 is 1.33 bits per heavy atom. The molecule has 2 fully saturated rings. The van der Waals surface area contributed by atoms with Crippen LogP contribution in [0.15, 0.2) is 35.3 Å². The number of benzene rings is 1. The van der Waals surface area contributed by atoms with Crippen molar-refractivity contribution in [2.24, 2.45) is 16.3 Å². The van der Waals surface area contributed by atoms with Gasteiger partial charge in [-0.15, -0.1) is 0 Å². The molecule has 4 heteroatoms. The van der Waals surface area contributed by atoms with Gasteiger partial charge in [-0.05, 0) is 18.9 Å². The lowest BCUT2D eigenvalue weighted by Gasteiger charge is -2.54. The maximum atomic E-state index is 5.89. The number of guanidine groups is 1. The second-order valence-corrected chi connectivity index (χ2v) is 7.72. The molecule has 4 atom stereocenters. The molecule has 1 aliphatic carbocycles. The summed E-state index contributed by atoms with van der Waals surface area (Å²) >= 11 is 0. The summed E-state index contributed by atoms with van der Waals surface area (Å²) in [4.78, 5) is 4.84. The molecule has 1 heterocycles. The molecule has 0 amide bonds. The zero-order valence-electron chi connectivity index (χ0n) is 15.4. The van der Waals surface area contributed by atoms with E-state index in [-0.39, 0.29) is 5.41 Å². The standard InChI is InChI=1S/C20H31N3O/c1-5-21-19(22-13-14(2)15-9-7-6-8-10-15)23-17-16-11-12-24-18(16)20(17,3)4/h6-10,14,16-18H,5,11-13H2,1-4H3,(H2,21,22,23). The van der Waals surface area contributed by atoms with Crippen LogP contribution >= 0.6 is 0 Å². The van der Waals surface area contributed by atoms with Gasteiger partial charge in [0, 0.05) is 43.0 Å². The van der Waals surface area contributed by atoms with Crippen molar-refractivity contribution in [1.82, 2.24) is 10.6 Å². The van der Waals surface area contributed by atoms with Crippen LogP contribution in [0.25, 0.3) is 0 Å². The van der Waals surface area contributed by atoms with Crippen LogP contribution in [-0.2, 0) is 4.74 Å². The summed E-state index contributed by atoms with van der Waals surface area (Å²) in [7, 11) is 0. The average Bonchev–Trinajstić information content (AvgIpc) is 3.05. The zero-order valence-corrected chi connectivity index (χ0v) is 15.4. The molecule has 1 aromatic rings. The Hall–Kier alpha value is -1.55. The Balaban J connectivity index is 1.64. The lowest BCUT2D eigenvalue weighted by Crippen LogP contribution is -2.68. The Bertz CT molecular complexity index is 570. The topological polar surface area (TPSA) is 45.7 Å². The molecular weight excluding hydrogens is 298 g/mol. The van der Waals surface area contributed by atoms with E-state index in [1.54, 1.807) is 0 Å². The van der Waals surface area contributed by atoms with Crippen molar-refractivity contribution in [2.75, 3.05) is 19.7 Å². The van der Waals surface area contributed by atoms with Crippen molar-refractivity contribution < 1.29 is 4.74 Å². The van der Waals surface area contributed by atoms with Crippen LogP contribution in [0, 0.1) is 11.3 Å². The first-order valence-electron chi connectivity index (χ1n) is 9.25. The molecule has 4 nitrogen and oxygen atoms in total. The van der Waals surface area contributed by atoms with E-state index in [1.807, 2.05) is 0 Å². The third-order valence-corrected chi connectivity index (χ3v) is 5.63. The summed E-state index contributed by atoms with van der Waals surface area (Å²) in [6.07, 6.45) is 1.56. The highest BCUT2D eigenvalue weighted by Gasteiger charge is 2.59. The lowest BCUT2D eigenvalue weighted by molar-refractivity contribution is -0.106. The second kappa shape index (κ2) is 7.14. The molecule has 1 aliphatic heterocycles. The van der Waals surface area contributed by atoms with Crippen LogP contribution in [0.3, 0.4) is 0 Å². The number of hydrogen-bond donors (Lipinski definition) is 2. The molecule has 24 heavy (non-hydrogen) atoms. The van der Waals surface area contributed by atoms with Gasteiger partial charge in [-0.1, -0.05) is 51.1 Å². The van der Waals surface area contributed by atoms with E-state index in [1.165, 1.54) is 5.56 Å². The number of fused-ring (bicyclic) bond motifs is 1. The van der Waals surface area contributed by atoms with Crippen molar-refractivity contribution in [2.45, 2.75) is 52.2 Å². The Morgan fingerprint density at radius 2 is 2.08 bits per heavy atom. The summed E-state index contributed by atoms with van der Waals surface area (Å²) in [5, 5.41) is 7.09. The van der Waals surface area contributed by atoms with Gasteiger partial charge in [0.15, 0.2) is 5.96 Å². The lowest BCUT2D eigenvalue weighted by atomic mass is 9.57. The molecule has 4 unspecified atom stereocenters. The number of rotatable bonds is 5. The SMILES string of the molecule is CCNC(=NCC(C)c1ccccc1)NC1C2CCOC2C1(C)C. The molecule has 0 bridgehead atoms. The minimum atomic E-state index is 0.169. The summed E-state index contributed by atoms with van der Waals surface area (Å²) in [5.41, 5.74) is 1.51. The van der Waals surface area contributed by atoms with Crippen LogP contribution in [0.4, 0.5) is 0 Å². The second-order valence-electron chi connectivity index (χ2n) is 7.72. The highest BCUT2D eigenvalue weighted by Crippen LogP contribution is 2.52. The molecule has 0 aromatic heterocycles. The first-order valence-corrected chi connectivity index (χ1v) is 9.25. The Morgan fingerprint density at radius 3 is 2.79 bits per heavy atom. The highest BCUT2D eigenvalue weighted by atomic mass is 16.5. The van der Waals surface area contributed by atoms with Gasteiger partial charge in [0.05, 0.1) is 6.10 Å². The van der Waals surface area contributed by atoms with Crippen molar-refractivity contribution in [3.63, 3.8) is 0 Å². The summed E-state index contributed by atoms with van der Waals surface area (Å²) in [6.45, 7) is 11.5. The minimum absolute atomic E-state index is 0.169. The van der Waals surface area contributed by atoms with E-state index in [9.17, 15) is 0 Å². The smallest absolute Gasteiger partial charge is 0.191 e. The van der Waals surface area contributed by atoms with Crippen LogP contribution in [-0.4, -0.2) is 37.8 Å². The van der Waals surface area contributed by atoms with Crippen LogP contribution in [0.1, 0.15) is 45.6 Å². The monoisotopic (exact) mass is 329 g/mol. The fourth-order valence-electron chi connectivity index (χ4n) is 4.20. The summed E-state index contributed by atoms with van der Waals surface area (Å²) < 4.78 is 5.89. The molecule has 1 saturated carbocycles. The van der Waals surface area contributed by atoms with Crippen molar-refractivity contribution >= 4 is 5.96 Å². The van der Waals surface area contributed by atoms with Crippen molar-refractivity contribution in [3.05, 3.63) is 35.9 Å².